The third-order valence-electron chi connectivity index (χ3n) is 12.3. The Kier molecular flexibility index (Phi) is 12.1. The first-order valence-electron chi connectivity index (χ1n) is 21.0. The number of ether oxygens (including phenoxy) is 3. The quantitative estimate of drug-likeness (QED) is 0.112. The number of benzene rings is 3. The molecular weight excluding hydrogens is 767 g/mol. The van der Waals surface area contributed by atoms with E-state index in [1.165, 1.54) is 4.90 Å². The maximum absolute atomic E-state index is 14.8. The van der Waals surface area contributed by atoms with Crippen LogP contribution in [0.5, 0.6) is 11.5 Å². The lowest BCUT2D eigenvalue weighted by Gasteiger charge is -2.31. The summed E-state index contributed by atoms with van der Waals surface area (Å²) >= 11 is 0. The van der Waals surface area contributed by atoms with E-state index in [0.29, 0.717) is 47.5 Å². The fraction of sp³-hybridized carbons (Fsp3) is 0.435. The summed E-state index contributed by atoms with van der Waals surface area (Å²) in [7, 11) is -2.45. The highest BCUT2D eigenvalue weighted by molar-refractivity contribution is 7.59. The van der Waals surface area contributed by atoms with Gasteiger partial charge in [-0.3, -0.25) is 14.2 Å². The largest absolute Gasteiger partial charge is 0.497 e. The van der Waals surface area contributed by atoms with Crippen LogP contribution >= 0.6 is 7.37 Å². The van der Waals surface area contributed by atoms with Crippen molar-refractivity contribution in [1.29, 1.82) is 0 Å². The number of carbonyl (C=O) groups is 3. The second-order valence-electron chi connectivity index (χ2n) is 16.4. The Balaban J connectivity index is 1.13. The second-order valence-corrected chi connectivity index (χ2v) is 18.9. The zero-order valence-corrected chi connectivity index (χ0v) is 34.4. The van der Waals surface area contributed by atoms with Crippen LogP contribution in [0.3, 0.4) is 0 Å². The third kappa shape index (κ3) is 9.04. The van der Waals surface area contributed by atoms with Gasteiger partial charge in [-0.25, -0.2) is 9.78 Å². The van der Waals surface area contributed by atoms with Gasteiger partial charge in [0.05, 0.1) is 31.0 Å². The third-order valence-corrected chi connectivity index (χ3v) is 14.9. The first kappa shape index (κ1) is 40.6. The highest BCUT2D eigenvalue weighted by atomic mass is 31.2. The van der Waals surface area contributed by atoms with E-state index >= 15 is 0 Å². The number of hydrogen-bond acceptors (Lipinski definition) is 8. The molecule has 0 radical (unpaired) electrons. The van der Waals surface area contributed by atoms with E-state index in [1.54, 1.807) is 7.11 Å². The molecule has 1 aromatic heterocycles. The minimum absolute atomic E-state index is 0.0462. The van der Waals surface area contributed by atoms with Crippen LogP contribution in [0.15, 0.2) is 97.1 Å². The molecule has 310 valence electrons. The lowest BCUT2D eigenvalue weighted by molar-refractivity contribution is -0.140. The number of nitrogens with zero attached hydrogens (tertiary/aromatic N) is 2. The Morgan fingerprint density at radius 3 is 2.46 bits per heavy atom. The van der Waals surface area contributed by atoms with Gasteiger partial charge in [0.15, 0.2) is 0 Å². The van der Waals surface area contributed by atoms with Crippen LogP contribution in [-0.2, 0) is 25.1 Å². The van der Waals surface area contributed by atoms with Gasteiger partial charge in [-0.15, -0.1) is 0 Å². The Labute approximate surface area is 345 Å². The molecule has 12 nitrogen and oxygen atoms in total. The lowest BCUT2D eigenvalue weighted by atomic mass is 10.0. The molecule has 1 saturated heterocycles. The summed E-state index contributed by atoms with van der Waals surface area (Å²) in [6.45, 7) is 0.0462. The van der Waals surface area contributed by atoms with Crippen molar-refractivity contribution in [3.05, 3.63) is 103 Å². The highest BCUT2D eigenvalue weighted by Crippen LogP contribution is 2.71. The smallest absolute Gasteiger partial charge is 0.408 e. The molecule has 59 heavy (non-hydrogen) atoms. The number of aromatic nitrogens is 1. The van der Waals surface area contributed by atoms with Gasteiger partial charge in [-0.05, 0) is 69.1 Å². The van der Waals surface area contributed by atoms with E-state index in [0.717, 1.165) is 55.9 Å². The molecule has 3 N–H and O–H groups in total. The maximum Gasteiger partial charge on any atom is 0.408 e. The van der Waals surface area contributed by atoms with E-state index in [1.807, 2.05) is 97.1 Å². The number of pyridine rings is 1. The number of carbonyl (C=O) groups excluding carboxylic acids is 3. The van der Waals surface area contributed by atoms with Crippen LogP contribution in [0.1, 0.15) is 76.2 Å². The SMILES string of the molecule is COc1ccc2c(O[C@@H]3C[C@H]4C(=O)N[C@]5(P(=O)(O)Cc6ccccc6)C[C@H]5C=CCCCCC[C@H](NC(=O)OC5CCCC5)C(=O)N4C3)cc(-c3ccccc3)nc2c1. The normalized spacial score (nSPS) is 26.1. The Morgan fingerprint density at radius 2 is 1.69 bits per heavy atom. The number of rotatable bonds is 9. The van der Waals surface area contributed by atoms with E-state index in [2.05, 4.69) is 10.6 Å². The molecule has 2 saturated carbocycles. The summed E-state index contributed by atoms with van der Waals surface area (Å²) in [5, 5.41) is 5.27. The van der Waals surface area contributed by atoms with Crippen molar-refractivity contribution >= 4 is 36.2 Å². The number of allylic oxidation sites excluding steroid dienone is 1. The van der Waals surface area contributed by atoms with Gasteiger partial charge in [-0.1, -0.05) is 85.7 Å². The number of alkyl carbamates (subject to hydrolysis) is 1. The Morgan fingerprint density at radius 1 is 0.949 bits per heavy atom. The molecule has 2 aliphatic heterocycles. The second kappa shape index (κ2) is 17.6. The summed E-state index contributed by atoms with van der Waals surface area (Å²) < 4.78 is 32.5. The minimum atomic E-state index is -4.04. The predicted molar refractivity (Wildman–Crippen MR) is 225 cm³/mol. The van der Waals surface area contributed by atoms with Crippen molar-refractivity contribution in [2.24, 2.45) is 5.92 Å². The van der Waals surface area contributed by atoms with Crippen LogP contribution in [-0.4, -0.2) is 75.9 Å². The molecule has 0 spiro atoms. The highest BCUT2D eigenvalue weighted by Gasteiger charge is 2.66. The molecule has 13 heteroatoms. The van der Waals surface area contributed by atoms with Gasteiger partial charge in [0.2, 0.25) is 19.2 Å². The lowest BCUT2D eigenvalue weighted by Crippen LogP contribution is -2.55. The molecule has 4 aliphatic rings. The summed E-state index contributed by atoms with van der Waals surface area (Å²) in [4.78, 5) is 61.1. The molecule has 3 amide bonds. The number of fused-ring (bicyclic) bond motifs is 3. The standard InChI is InChI=1S/C46H53N4O8P/c1-56-35-23-24-37-40(25-35)47-39(32-17-9-6-10-18-32)27-42(37)57-36-26-41-43(51)49-46(59(54,55)30-31-15-7-5-8-16-31)28-33(46)19-11-3-2-4-12-22-38(44(52)50(41)29-36)48-45(53)58-34-20-13-14-21-34/h5-11,15-19,23-25,27,33-34,36,38,41H,2-4,12-14,20-22,26,28-30H2,1H3,(H,48,53)(H,49,51)(H,54,55)/t33-,36-,38+,41+,46+/m1/s1. The Bertz CT molecular complexity index is 2230. The van der Waals surface area contributed by atoms with E-state index in [4.69, 9.17) is 19.2 Å². The fourth-order valence-corrected chi connectivity index (χ4v) is 11.3. The zero-order chi connectivity index (χ0) is 41.0. The van der Waals surface area contributed by atoms with Gasteiger partial charge in [0.25, 0.3) is 0 Å². The van der Waals surface area contributed by atoms with Crippen LogP contribution in [0.25, 0.3) is 22.2 Å². The summed E-state index contributed by atoms with van der Waals surface area (Å²) in [5.41, 5.74) is 2.92. The van der Waals surface area contributed by atoms with Crippen LogP contribution in [0.4, 0.5) is 4.79 Å². The summed E-state index contributed by atoms with van der Waals surface area (Å²) in [6, 6.07) is 24.3. The molecule has 8 rings (SSSR count). The van der Waals surface area contributed by atoms with Gasteiger partial charge >= 0.3 is 6.09 Å². The first-order chi connectivity index (χ1) is 28.6. The number of amides is 3. The zero-order valence-electron chi connectivity index (χ0n) is 33.5. The molecule has 0 bridgehead atoms. The fourth-order valence-electron chi connectivity index (χ4n) is 8.96. The van der Waals surface area contributed by atoms with Crippen molar-refractivity contribution in [1.82, 2.24) is 20.5 Å². The molecule has 4 aromatic rings. The molecule has 3 fully saturated rings. The van der Waals surface area contributed by atoms with Crippen LogP contribution in [0, 0.1) is 5.92 Å². The van der Waals surface area contributed by atoms with E-state index in [-0.39, 0.29) is 31.1 Å². The monoisotopic (exact) mass is 820 g/mol. The molecular formula is C46H53N4O8P. The molecule has 1 unspecified atom stereocenters. The van der Waals surface area contributed by atoms with E-state index < -0.39 is 48.7 Å². The van der Waals surface area contributed by atoms with E-state index in [9.17, 15) is 23.8 Å². The average Bonchev–Trinajstić information content (AvgIpc) is 3.49. The van der Waals surface area contributed by atoms with Gasteiger partial charge < -0.3 is 34.6 Å². The minimum Gasteiger partial charge on any atom is -0.497 e. The Hall–Kier alpha value is -5.19. The maximum atomic E-state index is 14.8. The molecule has 3 heterocycles. The van der Waals surface area contributed by atoms with Crippen molar-refractivity contribution < 1.29 is 38.1 Å². The summed E-state index contributed by atoms with van der Waals surface area (Å²) in [5.74, 6) is -0.127. The van der Waals surface area contributed by atoms with Crippen molar-refractivity contribution in [3.63, 3.8) is 0 Å². The number of methoxy groups -OCH3 is 1. The van der Waals surface area contributed by atoms with Crippen LogP contribution in [0.2, 0.25) is 0 Å². The number of nitrogens with one attached hydrogen (secondary N) is 2. The van der Waals surface area contributed by atoms with Gasteiger partial charge in [-0.2, -0.15) is 0 Å². The topological polar surface area (TPSA) is 156 Å². The predicted octanol–water partition coefficient (Wildman–Crippen LogP) is 8.12. The van der Waals surface area contributed by atoms with Crippen LogP contribution < -0.4 is 20.1 Å². The summed E-state index contributed by atoms with van der Waals surface area (Å²) in [6.07, 6.45) is 9.84. The van der Waals surface area contributed by atoms with Crippen molar-refractivity contribution in [3.8, 4) is 22.8 Å². The van der Waals surface area contributed by atoms with Gasteiger partial charge in [0, 0.05) is 35.4 Å². The molecule has 2 aliphatic carbocycles. The number of hydrogen-bond donors (Lipinski definition) is 3. The van der Waals surface area contributed by atoms with Crippen molar-refractivity contribution in [2.75, 3.05) is 13.7 Å². The average molecular weight is 821 g/mol. The van der Waals surface area contributed by atoms with Gasteiger partial charge in [0.1, 0.15) is 41.1 Å². The first-order valence-corrected chi connectivity index (χ1v) is 22.8. The molecule has 6 atom stereocenters. The molecule has 3 aromatic carbocycles. The van der Waals surface area contributed by atoms with Crippen molar-refractivity contribution in [2.45, 2.75) is 106 Å².